The van der Waals surface area contributed by atoms with Gasteiger partial charge in [0, 0.05) is 25.3 Å². The molecule has 1 saturated heterocycles. The first kappa shape index (κ1) is 14.4. The molecule has 0 atom stereocenters. The molecule has 1 aromatic heterocycles. The fourth-order valence-electron chi connectivity index (χ4n) is 2.92. The molecule has 21 heavy (non-hydrogen) atoms. The van der Waals surface area contributed by atoms with Gasteiger partial charge in [0.25, 0.3) is 5.91 Å². The maximum absolute atomic E-state index is 12.6. The van der Waals surface area contributed by atoms with Crippen molar-refractivity contribution in [3.05, 3.63) is 23.0 Å². The van der Waals surface area contributed by atoms with Crippen LogP contribution in [0.2, 0.25) is 5.02 Å². The van der Waals surface area contributed by atoms with Crippen LogP contribution in [0.3, 0.4) is 0 Å². The van der Waals surface area contributed by atoms with Crippen LogP contribution in [0, 0.1) is 5.92 Å². The molecule has 0 radical (unpaired) electrons. The van der Waals surface area contributed by atoms with E-state index in [-0.39, 0.29) is 17.8 Å². The number of halogens is 1. The van der Waals surface area contributed by atoms with Crippen molar-refractivity contribution in [3.8, 4) is 0 Å². The van der Waals surface area contributed by atoms with E-state index in [1.165, 1.54) is 7.11 Å². The molecule has 1 saturated carbocycles. The van der Waals surface area contributed by atoms with E-state index in [4.69, 9.17) is 16.3 Å². The third-order valence-electron chi connectivity index (χ3n) is 4.29. The second kappa shape index (κ2) is 5.72. The molecule has 0 unspecified atom stereocenters. The molecule has 0 spiro atoms. The smallest absolute Gasteiger partial charge is 0.308 e. The van der Waals surface area contributed by atoms with Crippen molar-refractivity contribution < 1.29 is 14.3 Å². The minimum absolute atomic E-state index is 0.0112. The highest BCUT2D eigenvalue weighted by Gasteiger charge is 2.32. The topological polar surface area (TPSA) is 51.5 Å². The maximum atomic E-state index is 12.6. The first-order valence-corrected chi connectivity index (χ1v) is 7.72. The zero-order valence-corrected chi connectivity index (χ0v) is 12.8. The summed E-state index contributed by atoms with van der Waals surface area (Å²) in [6.45, 7) is 1.18. The summed E-state index contributed by atoms with van der Waals surface area (Å²) in [6.07, 6.45) is 5.38. The summed E-state index contributed by atoms with van der Waals surface area (Å²) in [4.78, 5) is 26.0. The Kier molecular flexibility index (Phi) is 3.93. The lowest BCUT2D eigenvalue weighted by molar-refractivity contribution is -0.146. The van der Waals surface area contributed by atoms with Crippen molar-refractivity contribution in [3.63, 3.8) is 0 Å². The first-order chi connectivity index (χ1) is 10.1. The van der Waals surface area contributed by atoms with Gasteiger partial charge < -0.3 is 14.2 Å². The standard InChI is InChI=1S/C15H19ClN2O3/c1-21-15(20)10-4-6-17(7-5-10)14(19)13-8-11(16)9-18(13)12-2-3-12/h8-10,12H,2-7H2,1H3. The fraction of sp³-hybridized carbons (Fsp3) is 0.600. The number of rotatable bonds is 3. The average Bonchev–Trinajstić information content (AvgIpc) is 3.28. The number of hydrogen-bond donors (Lipinski definition) is 0. The molecule has 2 fully saturated rings. The molecule has 114 valence electrons. The van der Waals surface area contributed by atoms with Crippen LogP contribution < -0.4 is 0 Å². The van der Waals surface area contributed by atoms with Gasteiger partial charge in [-0.25, -0.2) is 0 Å². The molecule has 6 heteroatoms. The van der Waals surface area contributed by atoms with E-state index in [0.29, 0.717) is 42.7 Å². The lowest BCUT2D eigenvalue weighted by Crippen LogP contribution is -2.41. The van der Waals surface area contributed by atoms with Crippen molar-refractivity contribution in [2.45, 2.75) is 31.7 Å². The number of methoxy groups -OCH3 is 1. The summed E-state index contributed by atoms with van der Waals surface area (Å²) >= 11 is 6.05. The number of aromatic nitrogens is 1. The molecule has 5 nitrogen and oxygen atoms in total. The Labute approximate surface area is 128 Å². The Hall–Kier alpha value is -1.49. The van der Waals surface area contributed by atoms with Crippen LogP contribution in [0.25, 0.3) is 0 Å². The Morgan fingerprint density at radius 2 is 1.90 bits per heavy atom. The van der Waals surface area contributed by atoms with Gasteiger partial charge in [0.1, 0.15) is 5.69 Å². The van der Waals surface area contributed by atoms with Crippen molar-refractivity contribution in [1.29, 1.82) is 0 Å². The Bertz CT molecular complexity index is 557. The second-order valence-electron chi connectivity index (χ2n) is 5.77. The number of nitrogens with zero attached hydrogens (tertiary/aromatic N) is 2. The Balaban J connectivity index is 1.68. The van der Waals surface area contributed by atoms with Gasteiger partial charge in [-0.1, -0.05) is 11.6 Å². The third-order valence-corrected chi connectivity index (χ3v) is 4.50. The summed E-state index contributed by atoms with van der Waals surface area (Å²) in [6, 6.07) is 2.17. The largest absolute Gasteiger partial charge is 0.469 e. The van der Waals surface area contributed by atoms with Crippen molar-refractivity contribution >= 4 is 23.5 Å². The molecule has 0 aromatic carbocycles. The molecule has 3 rings (SSSR count). The highest BCUT2D eigenvalue weighted by molar-refractivity contribution is 6.31. The lowest BCUT2D eigenvalue weighted by Gasteiger charge is -2.30. The zero-order chi connectivity index (χ0) is 15.0. The van der Waals surface area contributed by atoms with Gasteiger partial charge in [-0.15, -0.1) is 0 Å². The normalized spacial score (nSPS) is 19.6. The number of carbonyl (C=O) groups is 2. The molecule has 0 N–H and O–H groups in total. The monoisotopic (exact) mass is 310 g/mol. The molecule has 0 bridgehead atoms. The van der Waals surface area contributed by atoms with Gasteiger partial charge in [0.05, 0.1) is 18.1 Å². The molecule has 2 aliphatic rings. The highest BCUT2D eigenvalue weighted by atomic mass is 35.5. The SMILES string of the molecule is COC(=O)C1CCN(C(=O)c2cc(Cl)cn2C2CC2)CC1. The second-order valence-corrected chi connectivity index (χ2v) is 6.21. The van der Waals surface area contributed by atoms with Crippen LogP contribution in [-0.4, -0.2) is 41.5 Å². The number of esters is 1. The van der Waals surface area contributed by atoms with Gasteiger partial charge in [0.2, 0.25) is 0 Å². The first-order valence-electron chi connectivity index (χ1n) is 7.34. The van der Waals surface area contributed by atoms with Crippen LogP contribution in [-0.2, 0) is 9.53 Å². The van der Waals surface area contributed by atoms with Gasteiger partial charge in [-0.2, -0.15) is 0 Å². The molecular formula is C15H19ClN2O3. The average molecular weight is 311 g/mol. The Morgan fingerprint density at radius 1 is 1.24 bits per heavy atom. The van der Waals surface area contributed by atoms with E-state index in [1.54, 1.807) is 6.07 Å². The number of amides is 1. The van der Waals surface area contributed by atoms with Gasteiger partial charge >= 0.3 is 5.97 Å². The van der Waals surface area contributed by atoms with Crippen LogP contribution in [0.15, 0.2) is 12.3 Å². The number of hydrogen-bond acceptors (Lipinski definition) is 3. The quantitative estimate of drug-likeness (QED) is 0.806. The van der Waals surface area contributed by atoms with Crippen LogP contribution in [0.5, 0.6) is 0 Å². The van der Waals surface area contributed by atoms with E-state index >= 15 is 0 Å². The molecule has 1 amide bonds. The number of piperidine rings is 1. The number of likely N-dealkylation sites (tertiary alicyclic amines) is 1. The molecule has 1 aliphatic carbocycles. The maximum Gasteiger partial charge on any atom is 0.308 e. The fourth-order valence-corrected chi connectivity index (χ4v) is 3.13. The van der Waals surface area contributed by atoms with Crippen LogP contribution in [0.4, 0.5) is 0 Å². The third kappa shape index (κ3) is 2.93. The van der Waals surface area contributed by atoms with Crippen LogP contribution in [0.1, 0.15) is 42.2 Å². The zero-order valence-electron chi connectivity index (χ0n) is 12.0. The number of carbonyl (C=O) groups excluding carboxylic acids is 2. The molecular weight excluding hydrogens is 292 g/mol. The minimum atomic E-state index is -0.175. The van der Waals surface area contributed by atoms with Crippen molar-refractivity contribution in [2.24, 2.45) is 5.92 Å². The van der Waals surface area contributed by atoms with Crippen molar-refractivity contribution in [2.75, 3.05) is 20.2 Å². The molecule has 2 heterocycles. The van der Waals surface area contributed by atoms with Gasteiger partial charge in [-0.3, -0.25) is 9.59 Å². The van der Waals surface area contributed by atoms with Crippen molar-refractivity contribution in [1.82, 2.24) is 9.47 Å². The predicted molar refractivity (Wildman–Crippen MR) is 78.4 cm³/mol. The number of ether oxygens (including phenoxy) is 1. The van der Waals surface area contributed by atoms with E-state index in [1.807, 2.05) is 15.7 Å². The lowest BCUT2D eigenvalue weighted by atomic mass is 9.97. The summed E-state index contributed by atoms with van der Waals surface area (Å²) < 4.78 is 6.77. The summed E-state index contributed by atoms with van der Waals surface area (Å²) in [5.74, 6) is -0.249. The van der Waals surface area contributed by atoms with Gasteiger partial charge in [-0.05, 0) is 31.7 Å². The van der Waals surface area contributed by atoms with Crippen LogP contribution >= 0.6 is 11.6 Å². The summed E-state index contributed by atoms with van der Waals surface area (Å²) in [7, 11) is 1.41. The molecule has 1 aliphatic heterocycles. The van der Waals surface area contributed by atoms with Gasteiger partial charge in [0.15, 0.2) is 0 Å². The van der Waals surface area contributed by atoms with E-state index in [2.05, 4.69) is 0 Å². The van der Waals surface area contributed by atoms with E-state index < -0.39 is 0 Å². The summed E-state index contributed by atoms with van der Waals surface area (Å²) in [5.41, 5.74) is 0.666. The van der Waals surface area contributed by atoms with E-state index in [9.17, 15) is 9.59 Å². The predicted octanol–water partition coefficient (Wildman–Crippen LogP) is 2.50. The van der Waals surface area contributed by atoms with E-state index in [0.717, 1.165) is 12.8 Å². The summed E-state index contributed by atoms with van der Waals surface area (Å²) in [5, 5.41) is 0.606. The minimum Gasteiger partial charge on any atom is -0.469 e. The molecule has 1 aromatic rings. The highest BCUT2D eigenvalue weighted by Crippen LogP contribution is 2.38. The Morgan fingerprint density at radius 3 is 2.48 bits per heavy atom.